The summed E-state index contributed by atoms with van der Waals surface area (Å²) in [6, 6.07) is 22.0. The maximum absolute atomic E-state index is 10.9. The minimum Gasteiger partial charge on any atom is -0.478 e. The summed E-state index contributed by atoms with van der Waals surface area (Å²) in [5.74, 6) is -0.414. The molecule has 32 heavy (non-hydrogen) atoms. The third-order valence-corrected chi connectivity index (χ3v) is 4.91. The van der Waals surface area contributed by atoms with Crippen molar-refractivity contribution in [1.82, 2.24) is 20.2 Å². The van der Waals surface area contributed by atoms with E-state index in [1.807, 2.05) is 48.5 Å². The molecule has 1 heterocycles. The normalized spacial score (nSPS) is 10.9. The number of hydrogen-bond acceptors (Lipinski definition) is 6. The Kier molecular flexibility index (Phi) is 6.64. The van der Waals surface area contributed by atoms with Gasteiger partial charge in [-0.1, -0.05) is 54.6 Å². The van der Waals surface area contributed by atoms with Crippen LogP contribution in [0.5, 0.6) is 0 Å². The summed E-state index contributed by atoms with van der Waals surface area (Å²) in [4.78, 5) is 12.5. The molecule has 0 amide bonds. The van der Waals surface area contributed by atoms with E-state index < -0.39 is 5.97 Å². The van der Waals surface area contributed by atoms with Crippen molar-refractivity contribution in [3.05, 3.63) is 101 Å². The molecule has 0 aliphatic rings. The molecular weight excluding hydrogens is 408 g/mol. The number of carbonyl (C=O) groups is 1. The van der Waals surface area contributed by atoms with Gasteiger partial charge in [-0.05, 0) is 45.7 Å². The molecule has 1 aromatic heterocycles. The van der Waals surface area contributed by atoms with Gasteiger partial charge in [0.1, 0.15) is 0 Å². The molecule has 0 radical (unpaired) electrons. The Labute approximate surface area is 184 Å². The topological polar surface area (TPSA) is 110 Å². The molecule has 0 atom stereocenters. The van der Waals surface area contributed by atoms with Gasteiger partial charge in [-0.2, -0.15) is 4.80 Å². The van der Waals surface area contributed by atoms with Crippen LogP contribution in [0.25, 0.3) is 11.4 Å². The lowest BCUT2D eigenvalue weighted by Gasteiger charge is -2.06. The standard InChI is InChI=1S/C24H22N4O4/c29-14-18-6-4-17(5-7-18)13-28-26-23(25-27-28)22-3-1-2-20(12-22)16-32-15-19-8-10-21(11-9-19)24(30)31/h1-12,29H,13-16H2,(H,30,31). The van der Waals surface area contributed by atoms with Crippen molar-refractivity contribution in [3.63, 3.8) is 0 Å². The molecule has 3 aromatic carbocycles. The van der Waals surface area contributed by atoms with Gasteiger partial charge in [0.15, 0.2) is 0 Å². The van der Waals surface area contributed by atoms with Gasteiger partial charge >= 0.3 is 5.97 Å². The summed E-state index contributed by atoms with van der Waals surface area (Å²) in [6.45, 7) is 1.29. The number of ether oxygens (including phenoxy) is 1. The third kappa shape index (κ3) is 5.42. The molecule has 2 N–H and O–H groups in total. The van der Waals surface area contributed by atoms with Gasteiger partial charge in [0.2, 0.25) is 5.82 Å². The Bertz CT molecular complexity index is 1190. The average molecular weight is 430 g/mol. The summed E-state index contributed by atoms with van der Waals surface area (Å²) in [5, 5.41) is 30.9. The molecule has 4 rings (SSSR count). The van der Waals surface area contributed by atoms with E-state index in [4.69, 9.17) is 14.9 Å². The van der Waals surface area contributed by atoms with Gasteiger partial charge in [0.05, 0.1) is 31.9 Å². The van der Waals surface area contributed by atoms with Crippen LogP contribution in [0, 0.1) is 0 Å². The van der Waals surface area contributed by atoms with Gasteiger partial charge in [-0.25, -0.2) is 4.79 Å². The second-order valence-electron chi connectivity index (χ2n) is 7.31. The maximum atomic E-state index is 10.9. The lowest BCUT2D eigenvalue weighted by Crippen LogP contribution is -2.04. The third-order valence-electron chi connectivity index (χ3n) is 4.91. The van der Waals surface area contributed by atoms with E-state index in [2.05, 4.69) is 15.4 Å². The number of nitrogens with zero attached hydrogens (tertiary/aromatic N) is 4. The second-order valence-corrected chi connectivity index (χ2v) is 7.31. The number of carboxylic acids is 1. The van der Waals surface area contributed by atoms with Crippen molar-refractivity contribution >= 4 is 5.97 Å². The number of carboxylic acid groups (broad SMARTS) is 1. The molecule has 0 aliphatic carbocycles. The first-order valence-corrected chi connectivity index (χ1v) is 10.1. The van der Waals surface area contributed by atoms with Crippen molar-refractivity contribution in [2.45, 2.75) is 26.4 Å². The van der Waals surface area contributed by atoms with E-state index in [0.717, 1.165) is 27.8 Å². The predicted octanol–water partition coefficient (Wildman–Crippen LogP) is 3.30. The number of aliphatic hydroxyl groups is 1. The monoisotopic (exact) mass is 430 g/mol. The lowest BCUT2D eigenvalue weighted by molar-refractivity contribution is 0.0696. The zero-order chi connectivity index (χ0) is 22.3. The fraction of sp³-hybridized carbons (Fsp3) is 0.167. The summed E-state index contributed by atoms with van der Waals surface area (Å²) in [5.41, 5.74) is 4.85. The molecule has 0 bridgehead atoms. The SMILES string of the molecule is O=C(O)c1ccc(COCc2cccc(-c3nnn(Cc4ccc(CO)cc4)n3)c2)cc1. The van der Waals surface area contributed by atoms with Crippen molar-refractivity contribution < 1.29 is 19.7 Å². The van der Waals surface area contributed by atoms with E-state index in [0.29, 0.717) is 25.6 Å². The Morgan fingerprint density at radius 3 is 2.28 bits per heavy atom. The zero-order valence-corrected chi connectivity index (χ0v) is 17.3. The van der Waals surface area contributed by atoms with Gasteiger partial charge in [0, 0.05) is 5.56 Å². The number of aliphatic hydroxyl groups excluding tert-OH is 1. The van der Waals surface area contributed by atoms with Gasteiger partial charge in [-0.3, -0.25) is 0 Å². The largest absolute Gasteiger partial charge is 0.478 e. The summed E-state index contributed by atoms with van der Waals surface area (Å²) in [7, 11) is 0. The van der Waals surface area contributed by atoms with Gasteiger partial charge in [-0.15, -0.1) is 10.2 Å². The molecular formula is C24H22N4O4. The van der Waals surface area contributed by atoms with Crippen molar-refractivity contribution in [3.8, 4) is 11.4 Å². The average Bonchev–Trinajstić information content (AvgIpc) is 3.29. The molecule has 0 saturated heterocycles. The highest BCUT2D eigenvalue weighted by Gasteiger charge is 2.08. The van der Waals surface area contributed by atoms with Crippen LogP contribution < -0.4 is 0 Å². The molecule has 8 heteroatoms. The first-order chi connectivity index (χ1) is 15.6. The number of rotatable bonds is 9. The van der Waals surface area contributed by atoms with E-state index in [1.165, 1.54) is 4.80 Å². The molecule has 0 saturated carbocycles. The quantitative estimate of drug-likeness (QED) is 0.419. The van der Waals surface area contributed by atoms with E-state index in [9.17, 15) is 4.79 Å². The Morgan fingerprint density at radius 1 is 0.875 bits per heavy atom. The highest BCUT2D eigenvalue weighted by atomic mass is 16.5. The van der Waals surface area contributed by atoms with Crippen LogP contribution in [0.4, 0.5) is 0 Å². The molecule has 8 nitrogen and oxygen atoms in total. The fourth-order valence-electron chi connectivity index (χ4n) is 3.17. The first kappa shape index (κ1) is 21.4. The fourth-order valence-corrected chi connectivity index (χ4v) is 3.17. The van der Waals surface area contributed by atoms with Crippen LogP contribution in [-0.4, -0.2) is 36.4 Å². The highest BCUT2D eigenvalue weighted by Crippen LogP contribution is 2.17. The number of benzene rings is 3. The summed E-state index contributed by atoms with van der Waals surface area (Å²) in [6.07, 6.45) is 0. The maximum Gasteiger partial charge on any atom is 0.335 e. The van der Waals surface area contributed by atoms with Crippen LogP contribution >= 0.6 is 0 Å². The predicted molar refractivity (Wildman–Crippen MR) is 117 cm³/mol. The number of tetrazole rings is 1. The van der Waals surface area contributed by atoms with Gasteiger partial charge < -0.3 is 14.9 Å². The highest BCUT2D eigenvalue weighted by molar-refractivity contribution is 5.87. The number of hydrogen-bond donors (Lipinski definition) is 2. The summed E-state index contributed by atoms with van der Waals surface area (Å²) >= 11 is 0. The first-order valence-electron chi connectivity index (χ1n) is 10.1. The molecule has 0 unspecified atom stereocenters. The lowest BCUT2D eigenvalue weighted by atomic mass is 10.1. The molecule has 0 aliphatic heterocycles. The van der Waals surface area contributed by atoms with Gasteiger partial charge in [0.25, 0.3) is 0 Å². The van der Waals surface area contributed by atoms with Crippen molar-refractivity contribution in [1.29, 1.82) is 0 Å². The molecule has 0 spiro atoms. The van der Waals surface area contributed by atoms with Crippen LogP contribution in [0.3, 0.4) is 0 Å². The van der Waals surface area contributed by atoms with Crippen molar-refractivity contribution in [2.24, 2.45) is 0 Å². The smallest absolute Gasteiger partial charge is 0.335 e. The minimum absolute atomic E-state index is 0.0169. The second kappa shape index (κ2) is 9.95. The minimum atomic E-state index is -0.945. The van der Waals surface area contributed by atoms with Crippen LogP contribution in [0.1, 0.15) is 32.6 Å². The molecule has 0 fully saturated rings. The van der Waals surface area contributed by atoms with Crippen LogP contribution in [-0.2, 0) is 31.1 Å². The number of aromatic carboxylic acids is 1. The Hall–Kier alpha value is -3.88. The molecule has 162 valence electrons. The number of aromatic nitrogens is 4. The molecule has 4 aromatic rings. The zero-order valence-electron chi connectivity index (χ0n) is 17.3. The van der Waals surface area contributed by atoms with E-state index >= 15 is 0 Å². The van der Waals surface area contributed by atoms with E-state index in [-0.39, 0.29) is 12.2 Å². The van der Waals surface area contributed by atoms with Crippen LogP contribution in [0.15, 0.2) is 72.8 Å². The van der Waals surface area contributed by atoms with Crippen LogP contribution in [0.2, 0.25) is 0 Å². The summed E-state index contributed by atoms with van der Waals surface area (Å²) < 4.78 is 5.77. The van der Waals surface area contributed by atoms with E-state index in [1.54, 1.807) is 24.3 Å². The van der Waals surface area contributed by atoms with Crippen molar-refractivity contribution in [2.75, 3.05) is 0 Å². The Balaban J connectivity index is 1.35. The Morgan fingerprint density at radius 2 is 1.56 bits per heavy atom.